The molecule has 3 aromatic rings. The standard InChI is InChI=1S/C25H24F2N4O2S/c26-19-7-4-8-20(27)18(19)15-31-14-11-21-22(24(31)32)29-23(34-21)16-9-12-30(13-10-16)25(33)28-17-5-2-1-3-6-17/h1-8,16H,9-15H2,(H,28,33). The Morgan fingerprint density at radius 1 is 1.03 bits per heavy atom. The first-order valence-corrected chi connectivity index (χ1v) is 12.1. The van der Waals surface area contributed by atoms with Crippen LogP contribution in [-0.2, 0) is 13.0 Å². The van der Waals surface area contributed by atoms with Crippen LogP contribution in [0, 0.1) is 11.6 Å². The summed E-state index contributed by atoms with van der Waals surface area (Å²) in [6.45, 7) is 1.51. The van der Waals surface area contributed by atoms with Gasteiger partial charge in [0, 0.05) is 48.1 Å². The Kier molecular flexibility index (Phi) is 6.28. The second-order valence-electron chi connectivity index (χ2n) is 8.56. The number of nitrogens with zero attached hydrogens (tertiary/aromatic N) is 3. The van der Waals surface area contributed by atoms with E-state index in [0.717, 1.165) is 28.4 Å². The molecule has 0 bridgehead atoms. The van der Waals surface area contributed by atoms with Gasteiger partial charge in [-0.25, -0.2) is 18.6 Å². The number of aromatic nitrogens is 1. The molecule has 0 aliphatic carbocycles. The summed E-state index contributed by atoms with van der Waals surface area (Å²) in [7, 11) is 0. The molecule has 0 saturated carbocycles. The molecular weight excluding hydrogens is 458 g/mol. The molecular formula is C25H24F2N4O2S. The van der Waals surface area contributed by atoms with Crippen molar-refractivity contribution in [2.45, 2.75) is 31.7 Å². The van der Waals surface area contributed by atoms with Crippen LogP contribution < -0.4 is 5.32 Å². The fourth-order valence-electron chi connectivity index (χ4n) is 4.45. The first-order chi connectivity index (χ1) is 16.5. The number of urea groups is 1. The Morgan fingerprint density at radius 3 is 2.44 bits per heavy atom. The molecule has 0 radical (unpaired) electrons. The number of carbonyl (C=O) groups excluding carboxylic acids is 2. The van der Waals surface area contributed by atoms with E-state index in [9.17, 15) is 18.4 Å². The molecule has 2 aliphatic heterocycles. The van der Waals surface area contributed by atoms with Crippen LogP contribution in [0.5, 0.6) is 0 Å². The number of nitrogens with one attached hydrogen (secondary N) is 1. The fourth-order valence-corrected chi connectivity index (χ4v) is 5.66. The maximum atomic E-state index is 14.1. The van der Waals surface area contributed by atoms with Crippen LogP contribution in [0.15, 0.2) is 48.5 Å². The minimum atomic E-state index is -0.652. The number of anilines is 1. The van der Waals surface area contributed by atoms with Gasteiger partial charge in [-0.3, -0.25) is 4.79 Å². The van der Waals surface area contributed by atoms with Crippen LogP contribution in [0.25, 0.3) is 0 Å². The van der Waals surface area contributed by atoms with Crippen molar-refractivity contribution >= 4 is 29.0 Å². The lowest BCUT2D eigenvalue weighted by Gasteiger charge is -2.31. The van der Waals surface area contributed by atoms with Crippen molar-refractivity contribution in [3.05, 3.63) is 81.3 Å². The lowest BCUT2D eigenvalue weighted by molar-refractivity contribution is 0.0719. The number of thiazole rings is 1. The van der Waals surface area contributed by atoms with Crippen molar-refractivity contribution in [3.8, 4) is 0 Å². The number of halogens is 2. The highest BCUT2D eigenvalue weighted by molar-refractivity contribution is 7.12. The SMILES string of the molecule is O=C(Nc1ccccc1)N1CCC(c2nc3c(s2)CCN(Cc2c(F)cccc2F)C3=O)CC1. The molecule has 6 nitrogen and oxygen atoms in total. The third kappa shape index (κ3) is 4.52. The van der Waals surface area contributed by atoms with Gasteiger partial charge in [-0.15, -0.1) is 11.3 Å². The topological polar surface area (TPSA) is 65.5 Å². The molecule has 1 aromatic heterocycles. The molecule has 3 heterocycles. The number of piperidine rings is 1. The molecule has 5 rings (SSSR count). The number of rotatable bonds is 4. The Bertz CT molecular complexity index is 1190. The van der Waals surface area contributed by atoms with Gasteiger partial charge in [0.2, 0.25) is 0 Å². The largest absolute Gasteiger partial charge is 0.332 e. The lowest BCUT2D eigenvalue weighted by Crippen LogP contribution is -2.40. The average Bonchev–Trinajstić information content (AvgIpc) is 3.29. The van der Waals surface area contributed by atoms with Gasteiger partial charge in [-0.2, -0.15) is 0 Å². The van der Waals surface area contributed by atoms with Crippen molar-refractivity contribution in [1.82, 2.24) is 14.8 Å². The van der Waals surface area contributed by atoms with E-state index in [-0.39, 0.29) is 30.0 Å². The van der Waals surface area contributed by atoms with Crippen LogP contribution in [0.1, 0.15) is 44.7 Å². The van der Waals surface area contributed by atoms with Crippen molar-refractivity contribution in [2.75, 3.05) is 25.0 Å². The number of likely N-dealkylation sites (tertiary alicyclic amines) is 1. The summed E-state index contributed by atoms with van der Waals surface area (Å²) in [5.74, 6) is -1.41. The summed E-state index contributed by atoms with van der Waals surface area (Å²) >= 11 is 1.55. The van der Waals surface area contributed by atoms with Crippen LogP contribution in [0.4, 0.5) is 19.3 Å². The van der Waals surface area contributed by atoms with Crippen LogP contribution in [0.3, 0.4) is 0 Å². The molecule has 2 aliphatic rings. The normalized spacial score (nSPS) is 16.5. The minimum Gasteiger partial charge on any atom is -0.332 e. The minimum absolute atomic E-state index is 0.101. The number of carbonyl (C=O) groups is 2. The fraction of sp³-hybridized carbons (Fsp3) is 0.320. The zero-order valence-corrected chi connectivity index (χ0v) is 19.3. The predicted molar refractivity (Wildman–Crippen MR) is 126 cm³/mol. The molecule has 1 fully saturated rings. The Labute approximate surface area is 200 Å². The Hall–Kier alpha value is -3.33. The summed E-state index contributed by atoms with van der Waals surface area (Å²) in [4.78, 5) is 34.4. The number of hydrogen-bond acceptors (Lipinski definition) is 4. The third-order valence-electron chi connectivity index (χ3n) is 6.38. The summed E-state index contributed by atoms with van der Waals surface area (Å²) < 4.78 is 28.1. The molecule has 3 amide bonds. The monoisotopic (exact) mass is 482 g/mol. The summed E-state index contributed by atoms with van der Waals surface area (Å²) in [5, 5.41) is 3.82. The zero-order chi connectivity index (χ0) is 23.7. The highest BCUT2D eigenvalue weighted by atomic mass is 32.1. The molecule has 1 N–H and O–H groups in total. The zero-order valence-electron chi connectivity index (χ0n) is 18.5. The number of fused-ring (bicyclic) bond motifs is 1. The molecule has 176 valence electrons. The molecule has 1 saturated heterocycles. The molecule has 2 aromatic carbocycles. The van der Waals surface area contributed by atoms with Gasteiger partial charge in [0.1, 0.15) is 17.3 Å². The van der Waals surface area contributed by atoms with Crippen molar-refractivity contribution in [1.29, 1.82) is 0 Å². The van der Waals surface area contributed by atoms with Crippen LogP contribution in [-0.4, -0.2) is 46.4 Å². The van der Waals surface area contributed by atoms with E-state index in [1.54, 1.807) is 16.2 Å². The molecule has 9 heteroatoms. The summed E-state index contributed by atoms with van der Waals surface area (Å²) in [6.07, 6.45) is 2.16. The van der Waals surface area contributed by atoms with Gasteiger partial charge in [-0.05, 0) is 37.1 Å². The highest BCUT2D eigenvalue weighted by Gasteiger charge is 2.32. The summed E-state index contributed by atoms with van der Waals surface area (Å²) in [5.41, 5.74) is 1.06. The van der Waals surface area contributed by atoms with Crippen molar-refractivity contribution in [3.63, 3.8) is 0 Å². The molecule has 0 atom stereocenters. The smallest absolute Gasteiger partial charge is 0.321 e. The third-order valence-corrected chi connectivity index (χ3v) is 7.66. The Morgan fingerprint density at radius 2 is 1.74 bits per heavy atom. The number of para-hydroxylation sites is 1. The van der Waals surface area contributed by atoms with Gasteiger partial charge in [-0.1, -0.05) is 24.3 Å². The van der Waals surface area contributed by atoms with Crippen LogP contribution in [0.2, 0.25) is 0 Å². The number of hydrogen-bond donors (Lipinski definition) is 1. The van der Waals surface area contributed by atoms with E-state index in [2.05, 4.69) is 10.3 Å². The van der Waals surface area contributed by atoms with E-state index in [1.807, 2.05) is 30.3 Å². The van der Waals surface area contributed by atoms with Gasteiger partial charge in [0.15, 0.2) is 0 Å². The first-order valence-electron chi connectivity index (χ1n) is 11.3. The van der Waals surface area contributed by atoms with E-state index in [1.165, 1.54) is 23.1 Å². The second kappa shape index (κ2) is 9.50. The maximum Gasteiger partial charge on any atom is 0.321 e. The predicted octanol–water partition coefficient (Wildman–Crippen LogP) is 5.03. The van der Waals surface area contributed by atoms with Crippen molar-refractivity contribution in [2.24, 2.45) is 0 Å². The quantitative estimate of drug-likeness (QED) is 0.567. The lowest BCUT2D eigenvalue weighted by atomic mass is 9.98. The maximum absolute atomic E-state index is 14.1. The number of amides is 3. The molecule has 0 unspecified atom stereocenters. The Balaban J connectivity index is 1.22. The molecule has 0 spiro atoms. The van der Waals surface area contributed by atoms with Gasteiger partial charge in [0.25, 0.3) is 5.91 Å². The van der Waals surface area contributed by atoms with Crippen LogP contribution >= 0.6 is 11.3 Å². The van der Waals surface area contributed by atoms with E-state index in [0.29, 0.717) is 31.7 Å². The van der Waals surface area contributed by atoms with E-state index >= 15 is 0 Å². The van der Waals surface area contributed by atoms with Gasteiger partial charge < -0.3 is 15.1 Å². The number of benzene rings is 2. The van der Waals surface area contributed by atoms with Gasteiger partial charge in [0.05, 0.1) is 11.6 Å². The first kappa shape index (κ1) is 22.5. The second-order valence-corrected chi connectivity index (χ2v) is 9.67. The summed E-state index contributed by atoms with van der Waals surface area (Å²) in [6, 6.07) is 13.0. The van der Waals surface area contributed by atoms with Gasteiger partial charge >= 0.3 is 6.03 Å². The van der Waals surface area contributed by atoms with E-state index < -0.39 is 11.6 Å². The van der Waals surface area contributed by atoms with Crippen molar-refractivity contribution < 1.29 is 18.4 Å². The highest BCUT2D eigenvalue weighted by Crippen LogP contribution is 2.35. The average molecular weight is 483 g/mol. The van der Waals surface area contributed by atoms with E-state index in [4.69, 9.17) is 0 Å². The molecule has 34 heavy (non-hydrogen) atoms.